The maximum absolute atomic E-state index is 6.44. The fourth-order valence-corrected chi connectivity index (χ4v) is 3.23. The highest BCUT2D eigenvalue weighted by molar-refractivity contribution is 4.85. The van der Waals surface area contributed by atoms with Crippen LogP contribution in [0, 0.1) is 11.8 Å². The summed E-state index contributed by atoms with van der Waals surface area (Å²) in [6.07, 6.45) is 4.81. The van der Waals surface area contributed by atoms with Crippen LogP contribution in [0.1, 0.15) is 25.7 Å². The molecule has 0 aromatic carbocycles. The molecular weight excluding hydrogens is 214 g/mol. The van der Waals surface area contributed by atoms with Gasteiger partial charge < -0.3 is 21.1 Å². The van der Waals surface area contributed by atoms with Gasteiger partial charge in [-0.3, -0.25) is 0 Å². The van der Waals surface area contributed by atoms with Crippen molar-refractivity contribution in [3.8, 4) is 0 Å². The summed E-state index contributed by atoms with van der Waals surface area (Å²) in [7, 11) is 0. The van der Waals surface area contributed by atoms with E-state index in [4.69, 9.17) is 16.2 Å². The Morgan fingerprint density at radius 2 is 1.65 bits per heavy atom. The van der Waals surface area contributed by atoms with E-state index in [1.807, 2.05) is 0 Å². The average molecular weight is 241 g/mol. The lowest BCUT2D eigenvalue weighted by Crippen LogP contribution is -2.46. The highest BCUT2D eigenvalue weighted by Gasteiger charge is 2.30. The minimum atomic E-state index is 0.388. The first-order valence-electron chi connectivity index (χ1n) is 7.07. The fourth-order valence-electron chi connectivity index (χ4n) is 3.23. The van der Waals surface area contributed by atoms with Crippen molar-refractivity contribution in [3.63, 3.8) is 0 Å². The van der Waals surface area contributed by atoms with E-state index in [0.717, 1.165) is 39.1 Å². The molecule has 100 valence electrons. The number of rotatable bonds is 4. The molecule has 0 radical (unpaired) electrons. The van der Waals surface area contributed by atoms with Crippen molar-refractivity contribution in [3.05, 3.63) is 0 Å². The lowest BCUT2D eigenvalue weighted by atomic mass is 9.79. The second kappa shape index (κ2) is 6.69. The summed E-state index contributed by atoms with van der Waals surface area (Å²) in [5.41, 5.74) is 12.0. The van der Waals surface area contributed by atoms with Gasteiger partial charge in [-0.05, 0) is 50.6 Å². The maximum atomic E-state index is 6.44. The molecular formula is C13H27N3O. The molecule has 17 heavy (non-hydrogen) atoms. The van der Waals surface area contributed by atoms with Gasteiger partial charge in [-0.2, -0.15) is 0 Å². The van der Waals surface area contributed by atoms with Gasteiger partial charge in [0.15, 0.2) is 0 Å². The van der Waals surface area contributed by atoms with Gasteiger partial charge in [-0.25, -0.2) is 0 Å². The third-order valence-corrected chi connectivity index (χ3v) is 4.43. The Balaban J connectivity index is 1.75. The first-order valence-corrected chi connectivity index (χ1v) is 7.07. The van der Waals surface area contributed by atoms with Crippen molar-refractivity contribution >= 4 is 0 Å². The van der Waals surface area contributed by atoms with Crippen molar-refractivity contribution in [2.45, 2.75) is 31.7 Å². The van der Waals surface area contributed by atoms with Crippen LogP contribution in [0.2, 0.25) is 0 Å². The molecule has 1 atom stereocenters. The highest BCUT2D eigenvalue weighted by atomic mass is 16.5. The van der Waals surface area contributed by atoms with Crippen LogP contribution in [0.4, 0.5) is 0 Å². The summed E-state index contributed by atoms with van der Waals surface area (Å²) in [6.45, 7) is 5.99. The third kappa shape index (κ3) is 3.65. The molecule has 2 aliphatic heterocycles. The zero-order valence-electron chi connectivity index (χ0n) is 10.8. The highest BCUT2D eigenvalue weighted by Crippen LogP contribution is 2.28. The average Bonchev–Trinajstić information content (AvgIpc) is 2.40. The van der Waals surface area contributed by atoms with Crippen LogP contribution >= 0.6 is 0 Å². The number of nitrogens with two attached hydrogens (primary N) is 2. The molecule has 0 aliphatic carbocycles. The molecule has 0 saturated carbocycles. The first-order chi connectivity index (χ1) is 8.31. The number of likely N-dealkylation sites (tertiary alicyclic amines) is 1. The molecule has 4 heteroatoms. The van der Waals surface area contributed by atoms with Crippen molar-refractivity contribution < 1.29 is 4.74 Å². The molecule has 0 amide bonds. The minimum absolute atomic E-state index is 0.388. The SMILES string of the molecule is NCCN1CCC(C(N)C2CCOCC2)CC1. The van der Waals surface area contributed by atoms with E-state index >= 15 is 0 Å². The van der Waals surface area contributed by atoms with Crippen LogP contribution in [-0.2, 0) is 4.74 Å². The molecule has 4 N–H and O–H groups in total. The van der Waals surface area contributed by atoms with Crippen LogP contribution in [0.25, 0.3) is 0 Å². The van der Waals surface area contributed by atoms with Gasteiger partial charge >= 0.3 is 0 Å². The summed E-state index contributed by atoms with van der Waals surface area (Å²) >= 11 is 0. The molecule has 2 heterocycles. The Morgan fingerprint density at radius 3 is 2.24 bits per heavy atom. The molecule has 2 fully saturated rings. The van der Waals surface area contributed by atoms with Gasteiger partial charge in [-0.1, -0.05) is 0 Å². The molecule has 2 saturated heterocycles. The number of hydrogen-bond donors (Lipinski definition) is 2. The maximum Gasteiger partial charge on any atom is 0.0469 e. The Morgan fingerprint density at radius 1 is 1.06 bits per heavy atom. The predicted molar refractivity (Wildman–Crippen MR) is 69.7 cm³/mol. The standard InChI is InChI=1S/C13H27N3O/c14-5-8-16-6-1-11(2-7-16)13(15)12-3-9-17-10-4-12/h11-13H,1-10,14-15H2. The Kier molecular flexibility index (Phi) is 5.22. The van der Waals surface area contributed by atoms with Crippen LogP contribution in [0.3, 0.4) is 0 Å². The van der Waals surface area contributed by atoms with Gasteiger partial charge in [0.1, 0.15) is 0 Å². The Hall–Kier alpha value is -0.160. The van der Waals surface area contributed by atoms with Crippen LogP contribution in [-0.4, -0.2) is 50.3 Å². The number of piperidine rings is 1. The molecule has 1 unspecified atom stereocenters. The molecule has 0 aromatic heterocycles. The van der Waals surface area contributed by atoms with Gasteiger partial charge in [0.05, 0.1) is 0 Å². The Labute approximate surface area is 105 Å². The van der Waals surface area contributed by atoms with Gasteiger partial charge in [-0.15, -0.1) is 0 Å². The van der Waals surface area contributed by atoms with Gasteiger partial charge in [0.2, 0.25) is 0 Å². The monoisotopic (exact) mass is 241 g/mol. The summed E-state index contributed by atoms with van der Waals surface area (Å²) in [6, 6.07) is 0.388. The van der Waals surface area contributed by atoms with Crippen molar-refractivity contribution in [1.82, 2.24) is 4.90 Å². The number of ether oxygens (including phenoxy) is 1. The van der Waals surface area contributed by atoms with Crippen LogP contribution in [0.5, 0.6) is 0 Å². The van der Waals surface area contributed by atoms with E-state index in [1.54, 1.807) is 0 Å². The number of nitrogens with zero attached hydrogens (tertiary/aromatic N) is 1. The second-order valence-corrected chi connectivity index (χ2v) is 5.49. The fraction of sp³-hybridized carbons (Fsp3) is 1.00. The molecule has 0 spiro atoms. The summed E-state index contributed by atoms with van der Waals surface area (Å²) in [4.78, 5) is 2.47. The van der Waals surface area contributed by atoms with E-state index in [2.05, 4.69) is 4.90 Å². The summed E-state index contributed by atoms with van der Waals surface area (Å²) in [5.74, 6) is 1.40. The first kappa shape index (κ1) is 13.3. The van der Waals surface area contributed by atoms with E-state index in [9.17, 15) is 0 Å². The largest absolute Gasteiger partial charge is 0.381 e. The lowest BCUT2D eigenvalue weighted by Gasteiger charge is -2.38. The van der Waals surface area contributed by atoms with Gasteiger partial charge in [0, 0.05) is 32.3 Å². The minimum Gasteiger partial charge on any atom is -0.381 e. The normalized spacial score (nSPS) is 27.2. The molecule has 0 aromatic rings. The van der Waals surface area contributed by atoms with Crippen molar-refractivity contribution in [2.24, 2.45) is 23.3 Å². The molecule has 2 aliphatic rings. The van der Waals surface area contributed by atoms with Crippen LogP contribution in [0.15, 0.2) is 0 Å². The number of hydrogen-bond acceptors (Lipinski definition) is 4. The Bertz CT molecular complexity index is 211. The zero-order valence-corrected chi connectivity index (χ0v) is 10.8. The van der Waals surface area contributed by atoms with Crippen molar-refractivity contribution in [1.29, 1.82) is 0 Å². The lowest BCUT2D eigenvalue weighted by molar-refractivity contribution is 0.0436. The zero-order chi connectivity index (χ0) is 12.1. The van der Waals surface area contributed by atoms with Crippen LogP contribution < -0.4 is 11.5 Å². The summed E-state index contributed by atoms with van der Waals surface area (Å²) in [5, 5.41) is 0. The van der Waals surface area contributed by atoms with Gasteiger partial charge in [0.25, 0.3) is 0 Å². The summed E-state index contributed by atoms with van der Waals surface area (Å²) < 4.78 is 5.41. The quantitative estimate of drug-likeness (QED) is 0.748. The molecule has 2 rings (SSSR count). The smallest absolute Gasteiger partial charge is 0.0469 e. The van der Waals surface area contributed by atoms with E-state index in [-0.39, 0.29) is 0 Å². The predicted octanol–water partition coefficient (Wildman–Crippen LogP) is 0.411. The van der Waals surface area contributed by atoms with E-state index in [1.165, 1.54) is 25.9 Å². The molecule has 0 bridgehead atoms. The van der Waals surface area contributed by atoms with E-state index in [0.29, 0.717) is 17.9 Å². The molecule has 4 nitrogen and oxygen atoms in total. The third-order valence-electron chi connectivity index (χ3n) is 4.43. The second-order valence-electron chi connectivity index (χ2n) is 5.49. The van der Waals surface area contributed by atoms with E-state index < -0.39 is 0 Å². The topological polar surface area (TPSA) is 64.5 Å². The van der Waals surface area contributed by atoms with Crippen molar-refractivity contribution in [2.75, 3.05) is 39.4 Å².